The average molecular weight is 459 g/mol. The Morgan fingerprint density at radius 2 is 1.69 bits per heavy atom. The van der Waals surface area contributed by atoms with Crippen LogP contribution in [0, 0.1) is 0 Å². The lowest BCUT2D eigenvalue weighted by atomic mass is 9.87. The molecule has 1 N–H and O–H groups in total. The summed E-state index contributed by atoms with van der Waals surface area (Å²) in [6.45, 7) is 12.2. The first kappa shape index (κ1) is 25.7. The van der Waals surface area contributed by atoms with Crippen LogP contribution in [-0.4, -0.2) is 35.4 Å². The Hall–Kier alpha value is -2.53. The Labute approximate surface area is 197 Å². The van der Waals surface area contributed by atoms with Crippen molar-refractivity contribution in [2.24, 2.45) is 0 Å². The number of ether oxygens (including phenoxy) is 1. The third-order valence-corrected chi connectivity index (χ3v) is 5.57. The van der Waals surface area contributed by atoms with Crippen molar-refractivity contribution >= 4 is 23.4 Å². The topological polar surface area (TPSA) is 58.6 Å². The fourth-order valence-corrected chi connectivity index (χ4v) is 3.58. The van der Waals surface area contributed by atoms with Crippen LogP contribution in [0.1, 0.15) is 59.1 Å². The van der Waals surface area contributed by atoms with E-state index in [0.717, 1.165) is 5.56 Å². The molecule has 0 fully saturated rings. The zero-order valence-corrected chi connectivity index (χ0v) is 20.7. The highest BCUT2D eigenvalue weighted by Gasteiger charge is 2.29. The third-order valence-electron chi connectivity index (χ3n) is 5.20. The molecule has 0 aliphatic rings. The van der Waals surface area contributed by atoms with Crippen LogP contribution in [0.4, 0.5) is 0 Å². The van der Waals surface area contributed by atoms with Crippen LogP contribution in [0.15, 0.2) is 48.5 Å². The van der Waals surface area contributed by atoms with E-state index >= 15 is 0 Å². The van der Waals surface area contributed by atoms with E-state index in [1.54, 1.807) is 11.0 Å². The summed E-state index contributed by atoms with van der Waals surface area (Å²) in [5, 5.41) is 3.48. The molecule has 32 heavy (non-hydrogen) atoms. The van der Waals surface area contributed by atoms with Crippen LogP contribution < -0.4 is 10.1 Å². The SMILES string of the molecule is CC[C@@H](C(=O)NC(C)C)N(Cc1ccccc1Cl)C(=O)COc1ccc(C(C)(C)C)cc1. The lowest BCUT2D eigenvalue weighted by Gasteiger charge is -2.31. The Kier molecular flexibility index (Phi) is 9.14. The number of carbonyl (C=O) groups is 2. The van der Waals surface area contributed by atoms with Gasteiger partial charge in [0.1, 0.15) is 11.8 Å². The molecule has 2 rings (SSSR count). The predicted molar refractivity (Wildman–Crippen MR) is 130 cm³/mol. The molecule has 6 heteroatoms. The molecule has 5 nitrogen and oxygen atoms in total. The van der Waals surface area contributed by atoms with E-state index in [2.05, 4.69) is 26.1 Å². The Bertz CT molecular complexity index is 904. The van der Waals surface area contributed by atoms with Crippen LogP contribution in [0.5, 0.6) is 5.75 Å². The molecule has 0 heterocycles. The number of amides is 2. The van der Waals surface area contributed by atoms with Gasteiger partial charge in [-0.05, 0) is 55.0 Å². The molecule has 0 saturated carbocycles. The van der Waals surface area contributed by atoms with Crippen LogP contribution in [0.2, 0.25) is 5.02 Å². The van der Waals surface area contributed by atoms with Crippen LogP contribution in [0.25, 0.3) is 0 Å². The van der Waals surface area contributed by atoms with Crippen LogP contribution in [0.3, 0.4) is 0 Å². The molecule has 0 spiro atoms. The van der Waals surface area contributed by atoms with E-state index in [1.807, 2.05) is 63.2 Å². The first-order valence-corrected chi connectivity index (χ1v) is 11.5. The van der Waals surface area contributed by atoms with Gasteiger partial charge in [0, 0.05) is 17.6 Å². The lowest BCUT2D eigenvalue weighted by molar-refractivity contribution is -0.143. The van der Waals surface area contributed by atoms with E-state index < -0.39 is 6.04 Å². The van der Waals surface area contributed by atoms with Gasteiger partial charge >= 0.3 is 0 Å². The summed E-state index contributed by atoms with van der Waals surface area (Å²) >= 11 is 6.34. The Morgan fingerprint density at radius 1 is 1.06 bits per heavy atom. The molecule has 2 aromatic carbocycles. The maximum absolute atomic E-state index is 13.2. The highest BCUT2D eigenvalue weighted by molar-refractivity contribution is 6.31. The summed E-state index contributed by atoms with van der Waals surface area (Å²) in [5.74, 6) is 0.164. The molecule has 0 aromatic heterocycles. The van der Waals surface area contributed by atoms with Gasteiger partial charge in [0.15, 0.2) is 6.61 Å². The Morgan fingerprint density at radius 3 is 2.22 bits per heavy atom. The van der Waals surface area contributed by atoms with Crippen molar-refractivity contribution in [2.75, 3.05) is 6.61 Å². The maximum Gasteiger partial charge on any atom is 0.261 e. The monoisotopic (exact) mass is 458 g/mol. The number of hydrogen-bond acceptors (Lipinski definition) is 3. The second-order valence-corrected chi connectivity index (χ2v) is 9.67. The molecular weight excluding hydrogens is 424 g/mol. The first-order valence-electron chi connectivity index (χ1n) is 11.1. The smallest absolute Gasteiger partial charge is 0.261 e. The summed E-state index contributed by atoms with van der Waals surface area (Å²) in [6, 6.07) is 14.5. The zero-order chi connectivity index (χ0) is 23.9. The van der Waals surface area contributed by atoms with Gasteiger partial charge < -0.3 is 15.0 Å². The van der Waals surface area contributed by atoms with Crippen molar-refractivity contribution in [3.63, 3.8) is 0 Å². The Balaban J connectivity index is 2.20. The minimum atomic E-state index is -0.618. The first-order chi connectivity index (χ1) is 15.0. The third kappa shape index (κ3) is 7.27. The predicted octanol–water partition coefficient (Wildman–Crippen LogP) is 5.35. The highest BCUT2D eigenvalue weighted by Crippen LogP contribution is 2.25. The van der Waals surface area contributed by atoms with Gasteiger partial charge in [-0.25, -0.2) is 0 Å². The number of halogens is 1. The summed E-state index contributed by atoms with van der Waals surface area (Å²) < 4.78 is 5.78. The molecule has 0 bridgehead atoms. The molecule has 1 atom stereocenters. The van der Waals surface area contributed by atoms with Crippen molar-refractivity contribution in [3.8, 4) is 5.75 Å². The van der Waals surface area contributed by atoms with E-state index in [1.165, 1.54) is 5.56 Å². The molecule has 2 amide bonds. The normalized spacial score (nSPS) is 12.4. The summed E-state index contributed by atoms with van der Waals surface area (Å²) in [4.78, 5) is 27.6. The number of benzene rings is 2. The highest BCUT2D eigenvalue weighted by atomic mass is 35.5. The van der Waals surface area contributed by atoms with Gasteiger partial charge in [0.2, 0.25) is 5.91 Å². The van der Waals surface area contributed by atoms with E-state index in [0.29, 0.717) is 17.2 Å². The van der Waals surface area contributed by atoms with Gasteiger partial charge in [-0.1, -0.05) is 69.6 Å². The number of rotatable bonds is 9. The molecular formula is C26H35ClN2O3. The molecule has 0 saturated heterocycles. The van der Waals surface area contributed by atoms with Gasteiger partial charge in [0.05, 0.1) is 0 Å². The number of hydrogen-bond donors (Lipinski definition) is 1. The average Bonchev–Trinajstić information content (AvgIpc) is 2.72. The van der Waals surface area contributed by atoms with E-state index in [-0.39, 0.29) is 36.4 Å². The zero-order valence-electron chi connectivity index (χ0n) is 19.9. The number of carbonyl (C=O) groups excluding carboxylic acids is 2. The van der Waals surface area contributed by atoms with Crippen molar-refractivity contribution in [2.45, 2.75) is 72.0 Å². The minimum absolute atomic E-state index is 0.0219. The maximum atomic E-state index is 13.2. The molecule has 2 aromatic rings. The molecule has 174 valence electrons. The summed E-state index contributed by atoms with van der Waals surface area (Å²) in [6.07, 6.45) is 0.481. The second-order valence-electron chi connectivity index (χ2n) is 9.26. The molecule has 0 aliphatic heterocycles. The fraction of sp³-hybridized carbons (Fsp3) is 0.462. The largest absolute Gasteiger partial charge is 0.484 e. The standard InChI is InChI=1S/C26H35ClN2O3/c1-7-23(25(31)28-18(2)3)29(16-19-10-8-9-11-22(19)27)24(30)17-32-21-14-12-20(13-15-21)26(4,5)6/h8-15,18,23H,7,16-17H2,1-6H3,(H,28,31)/t23-/m0/s1. The summed E-state index contributed by atoms with van der Waals surface area (Å²) in [7, 11) is 0. The van der Waals surface area contributed by atoms with Crippen LogP contribution in [-0.2, 0) is 21.5 Å². The van der Waals surface area contributed by atoms with Gasteiger partial charge in [-0.3, -0.25) is 9.59 Å². The van der Waals surface area contributed by atoms with Crippen molar-refractivity contribution in [1.29, 1.82) is 0 Å². The quantitative estimate of drug-likeness (QED) is 0.551. The second kappa shape index (κ2) is 11.4. The lowest BCUT2D eigenvalue weighted by Crippen LogP contribution is -2.51. The van der Waals surface area contributed by atoms with Crippen LogP contribution >= 0.6 is 11.6 Å². The van der Waals surface area contributed by atoms with E-state index in [9.17, 15) is 9.59 Å². The minimum Gasteiger partial charge on any atom is -0.484 e. The summed E-state index contributed by atoms with van der Waals surface area (Å²) in [5.41, 5.74) is 2.01. The molecule has 0 aliphatic carbocycles. The number of nitrogens with zero attached hydrogens (tertiary/aromatic N) is 1. The molecule has 0 unspecified atom stereocenters. The van der Waals surface area contributed by atoms with Gasteiger partial charge in [-0.2, -0.15) is 0 Å². The van der Waals surface area contributed by atoms with Gasteiger partial charge in [-0.15, -0.1) is 0 Å². The van der Waals surface area contributed by atoms with Crippen molar-refractivity contribution in [1.82, 2.24) is 10.2 Å². The van der Waals surface area contributed by atoms with Crippen molar-refractivity contribution < 1.29 is 14.3 Å². The molecule has 0 radical (unpaired) electrons. The van der Waals surface area contributed by atoms with Gasteiger partial charge in [0.25, 0.3) is 5.91 Å². The number of nitrogens with one attached hydrogen (secondary N) is 1. The van der Waals surface area contributed by atoms with E-state index in [4.69, 9.17) is 16.3 Å². The van der Waals surface area contributed by atoms with Crippen molar-refractivity contribution in [3.05, 3.63) is 64.7 Å². The fourth-order valence-electron chi connectivity index (χ4n) is 3.39.